The lowest BCUT2D eigenvalue weighted by molar-refractivity contribution is 0.0973. The summed E-state index contributed by atoms with van der Waals surface area (Å²) < 4.78 is 5.57. The van der Waals surface area contributed by atoms with Gasteiger partial charge in [-0.1, -0.05) is 30.3 Å². The van der Waals surface area contributed by atoms with Crippen LogP contribution in [0, 0.1) is 0 Å². The van der Waals surface area contributed by atoms with Crippen molar-refractivity contribution in [2.45, 2.75) is 26.5 Å². The van der Waals surface area contributed by atoms with Crippen LogP contribution in [0.15, 0.2) is 54.6 Å². The molecule has 0 heterocycles. The minimum Gasteiger partial charge on any atom is -0.491 e. The molecule has 5 heteroatoms. The number of hydrogen-bond donors (Lipinski definition) is 1. The Morgan fingerprint density at radius 2 is 1.75 bits per heavy atom. The molecule has 2 rings (SSSR count). The molecule has 2 aromatic carbocycles. The van der Waals surface area contributed by atoms with Gasteiger partial charge in [0.05, 0.1) is 6.10 Å². The number of ether oxygens (including phenoxy) is 1. The van der Waals surface area contributed by atoms with Crippen LogP contribution < -0.4 is 10.1 Å². The van der Waals surface area contributed by atoms with Gasteiger partial charge in [0.15, 0.2) is 5.11 Å². The molecule has 126 valence electrons. The molecule has 0 spiro atoms. The Morgan fingerprint density at radius 1 is 1.12 bits per heavy atom. The van der Waals surface area contributed by atoms with Crippen molar-refractivity contribution in [2.75, 3.05) is 7.05 Å². The maximum atomic E-state index is 12.3. The van der Waals surface area contributed by atoms with Gasteiger partial charge in [0.2, 0.25) is 0 Å². The van der Waals surface area contributed by atoms with Crippen molar-refractivity contribution < 1.29 is 9.53 Å². The van der Waals surface area contributed by atoms with Gasteiger partial charge < -0.3 is 9.64 Å². The Kier molecular flexibility index (Phi) is 6.32. The summed E-state index contributed by atoms with van der Waals surface area (Å²) in [6.07, 6.45) is 0.101. The predicted molar refractivity (Wildman–Crippen MR) is 100 cm³/mol. The molecular weight excluding hydrogens is 320 g/mol. The van der Waals surface area contributed by atoms with Gasteiger partial charge in [-0.05, 0) is 55.9 Å². The maximum absolute atomic E-state index is 12.3. The fraction of sp³-hybridized carbons (Fsp3) is 0.263. The number of nitrogens with zero attached hydrogens (tertiary/aromatic N) is 1. The second-order valence-electron chi connectivity index (χ2n) is 5.79. The first kappa shape index (κ1) is 17.9. The molecule has 0 aromatic heterocycles. The molecule has 4 nitrogen and oxygen atoms in total. The highest BCUT2D eigenvalue weighted by Crippen LogP contribution is 2.14. The third kappa shape index (κ3) is 5.35. The lowest BCUT2D eigenvalue weighted by atomic mass is 10.2. The SMILES string of the molecule is CC(C)Oc1ccc(C(=O)NC(=S)N(C)Cc2ccccc2)cc1. The minimum absolute atomic E-state index is 0.101. The van der Waals surface area contributed by atoms with Crippen LogP contribution in [0.5, 0.6) is 5.75 Å². The second-order valence-corrected chi connectivity index (χ2v) is 6.18. The summed E-state index contributed by atoms with van der Waals surface area (Å²) in [7, 11) is 1.86. The van der Waals surface area contributed by atoms with E-state index < -0.39 is 0 Å². The van der Waals surface area contributed by atoms with Crippen LogP contribution in [0.2, 0.25) is 0 Å². The van der Waals surface area contributed by atoms with Crippen LogP contribution in [-0.4, -0.2) is 29.1 Å². The standard InChI is InChI=1S/C19H22N2O2S/c1-14(2)23-17-11-9-16(10-12-17)18(22)20-19(24)21(3)13-15-7-5-4-6-8-15/h4-12,14H,13H2,1-3H3,(H,20,22,24). The van der Waals surface area contributed by atoms with Crippen molar-refractivity contribution in [1.82, 2.24) is 10.2 Å². The van der Waals surface area contributed by atoms with Crippen LogP contribution >= 0.6 is 12.2 Å². The van der Waals surface area contributed by atoms with Gasteiger partial charge >= 0.3 is 0 Å². The topological polar surface area (TPSA) is 41.6 Å². The zero-order chi connectivity index (χ0) is 17.5. The van der Waals surface area contributed by atoms with Crippen molar-refractivity contribution in [3.05, 3.63) is 65.7 Å². The summed E-state index contributed by atoms with van der Waals surface area (Å²) in [5.74, 6) is 0.515. The van der Waals surface area contributed by atoms with E-state index in [0.29, 0.717) is 17.2 Å². The largest absolute Gasteiger partial charge is 0.491 e. The molecule has 0 saturated carbocycles. The fourth-order valence-electron chi connectivity index (χ4n) is 2.15. The molecule has 0 atom stereocenters. The molecule has 0 fully saturated rings. The monoisotopic (exact) mass is 342 g/mol. The third-order valence-electron chi connectivity index (χ3n) is 3.32. The van der Waals surface area contributed by atoms with E-state index >= 15 is 0 Å². The number of thiocarbonyl (C=S) groups is 1. The fourth-order valence-corrected chi connectivity index (χ4v) is 2.31. The molecule has 0 aliphatic carbocycles. The Balaban J connectivity index is 1.92. The lowest BCUT2D eigenvalue weighted by Gasteiger charge is -2.20. The summed E-state index contributed by atoms with van der Waals surface area (Å²) in [4.78, 5) is 14.1. The Morgan fingerprint density at radius 3 is 2.33 bits per heavy atom. The van der Waals surface area contributed by atoms with Crippen LogP contribution in [0.3, 0.4) is 0 Å². The van der Waals surface area contributed by atoms with Crippen LogP contribution in [0.1, 0.15) is 29.8 Å². The number of benzene rings is 2. The van der Waals surface area contributed by atoms with E-state index in [2.05, 4.69) is 5.32 Å². The molecule has 24 heavy (non-hydrogen) atoms. The molecule has 1 N–H and O–H groups in total. The van der Waals surface area contributed by atoms with Crippen molar-refractivity contribution in [1.29, 1.82) is 0 Å². The van der Waals surface area contributed by atoms with E-state index in [-0.39, 0.29) is 12.0 Å². The number of carbonyl (C=O) groups excluding carboxylic acids is 1. The highest BCUT2D eigenvalue weighted by Gasteiger charge is 2.11. The van der Waals surface area contributed by atoms with Gasteiger partial charge in [0.25, 0.3) is 5.91 Å². The molecule has 0 radical (unpaired) electrons. The number of nitrogens with one attached hydrogen (secondary N) is 1. The van der Waals surface area contributed by atoms with Gasteiger partial charge in [0.1, 0.15) is 5.75 Å². The zero-order valence-corrected chi connectivity index (χ0v) is 15.0. The van der Waals surface area contributed by atoms with Gasteiger partial charge in [-0.3, -0.25) is 10.1 Å². The Labute approximate surface area is 148 Å². The number of carbonyl (C=O) groups is 1. The molecule has 2 aromatic rings. The van der Waals surface area contributed by atoms with Crippen molar-refractivity contribution >= 4 is 23.2 Å². The van der Waals surface area contributed by atoms with Gasteiger partial charge in [-0.15, -0.1) is 0 Å². The van der Waals surface area contributed by atoms with E-state index in [1.165, 1.54) is 0 Å². The van der Waals surface area contributed by atoms with Gasteiger partial charge in [-0.2, -0.15) is 0 Å². The molecule has 1 amide bonds. The summed E-state index contributed by atoms with van der Waals surface area (Å²) in [6, 6.07) is 17.0. The predicted octanol–water partition coefficient (Wildman–Crippen LogP) is 3.62. The Bertz CT molecular complexity index is 684. The quantitative estimate of drug-likeness (QED) is 0.843. The van der Waals surface area contributed by atoms with E-state index in [1.807, 2.05) is 56.1 Å². The minimum atomic E-state index is -0.226. The van der Waals surface area contributed by atoms with Crippen molar-refractivity contribution in [2.24, 2.45) is 0 Å². The van der Waals surface area contributed by atoms with Gasteiger partial charge in [-0.25, -0.2) is 0 Å². The highest BCUT2D eigenvalue weighted by atomic mass is 32.1. The molecule has 0 aliphatic rings. The van der Waals surface area contributed by atoms with Crippen molar-refractivity contribution in [3.8, 4) is 5.75 Å². The summed E-state index contributed by atoms with van der Waals surface area (Å²) in [6.45, 7) is 4.56. The normalized spacial score (nSPS) is 10.3. The average molecular weight is 342 g/mol. The summed E-state index contributed by atoms with van der Waals surface area (Å²) in [5, 5.41) is 3.15. The van der Waals surface area contributed by atoms with E-state index in [4.69, 9.17) is 17.0 Å². The third-order valence-corrected chi connectivity index (χ3v) is 3.73. The number of hydrogen-bond acceptors (Lipinski definition) is 3. The number of amides is 1. The molecule has 0 bridgehead atoms. The molecule has 0 saturated heterocycles. The molecule has 0 unspecified atom stereocenters. The second kappa shape index (κ2) is 8.45. The summed E-state index contributed by atoms with van der Waals surface area (Å²) >= 11 is 5.30. The first-order valence-corrected chi connectivity index (χ1v) is 8.23. The summed E-state index contributed by atoms with van der Waals surface area (Å²) in [5.41, 5.74) is 1.67. The maximum Gasteiger partial charge on any atom is 0.257 e. The van der Waals surface area contributed by atoms with Crippen LogP contribution in [0.4, 0.5) is 0 Å². The van der Waals surface area contributed by atoms with E-state index in [9.17, 15) is 4.79 Å². The Hall–Kier alpha value is -2.40. The molecule has 0 aliphatic heterocycles. The van der Waals surface area contributed by atoms with Crippen LogP contribution in [-0.2, 0) is 6.54 Å². The molecular formula is C19H22N2O2S. The first-order chi connectivity index (χ1) is 11.5. The lowest BCUT2D eigenvalue weighted by Crippen LogP contribution is -2.40. The highest BCUT2D eigenvalue weighted by molar-refractivity contribution is 7.80. The average Bonchev–Trinajstić information content (AvgIpc) is 2.55. The number of rotatable bonds is 5. The van der Waals surface area contributed by atoms with Crippen molar-refractivity contribution in [3.63, 3.8) is 0 Å². The first-order valence-electron chi connectivity index (χ1n) is 7.83. The van der Waals surface area contributed by atoms with Crippen LogP contribution in [0.25, 0.3) is 0 Å². The zero-order valence-electron chi connectivity index (χ0n) is 14.2. The van der Waals surface area contributed by atoms with Gasteiger partial charge in [0, 0.05) is 19.2 Å². The van der Waals surface area contributed by atoms with E-state index in [0.717, 1.165) is 11.3 Å². The van der Waals surface area contributed by atoms with E-state index in [1.54, 1.807) is 24.3 Å². The smallest absolute Gasteiger partial charge is 0.257 e.